The molecular weight excluding hydrogens is 186 g/mol. The number of benzene rings is 1. The van der Waals surface area contributed by atoms with Crippen LogP contribution in [0.3, 0.4) is 0 Å². The van der Waals surface area contributed by atoms with Gasteiger partial charge in [0.2, 0.25) is 0 Å². The van der Waals surface area contributed by atoms with Crippen LogP contribution in [0, 0.1) is 0 Å². The van der Waals surface area contributed by atoms with Gasteiger partial charge in [-0.15, -0.1) is 0 Å². The van der Waals surface area contributed by atoms with Crippen molar-refractivity contribution in [2.75, 3.05) is 7.05 Å². The van der Waals surface area contributed by atoms with E-state index in [9.17, 15) is 4.79 Å². The van der Waals surface area contributed by atoms with E-state index >= 15 is 0 Å². The smallest absolute Gasteiger partial charge is 0.252 e. The molecule has 0 aromatic heterocycles. The highest BCUT2D eigenvalue weighted by Gasteiger charge is 2.11. The number of carbonyl (C=O) groups excluding carboxylic acids is 1. The minimum absolute atomic E-state index is 0.123. The van der Waals surface area contributed by atoms with E-state index in [4.69, 9.17) is 11.6 Å². The van der Waals surface area contributed by atoms with Crippen molar-refractivity contribution < 1.29 is 4.79 Å². The van der Waals surface area contributed by atoms with Crippen molar-refractivity contribution in [2.45, 2.75) is 13.3 Å². The normalized spacial score (nSPS) is 9.77. The summed E-state index contributed by atoms with van der Waals surface area (Å²) in [4.78, 5) is 11.4. The Morgan fingerprint density at radius 3 is 2.77 bits per heavy atom. The molecule has 0 saturated heterocycles. The molecule has 0 atom stereocenters. The van der Waals surface area contributed by atoms with Gasteiger partial charge in [-0.25, -0.2) is 0 Å². The van der Waals surface area contributed by atoms with Gasteiger partial charge in [0.05, 0.1) is 10.6 Å². The predicted octanol–water partition coefficient (Wildman–Crippen LogP) is 2.26. The number of hydrogen-bond acceptors (Lipinski definition) is 1. The van der Waals surface area contributed by atoms with Crippen LogP contribution < -0.4 is 5.32 Å². The molecule has 2 nitrogen and oxygen atoms in total. The Hall–Kier alpha value is -1.02. The summed E-state index contributed by atoms with van der Waals surface area (Å²) in [7, 11) is 1.60. The summed E-state index contributed by atoms with van der Waals surface area (Å²) in [5, 5.41) is 3.09. The van der Waals surface area contributed by atoms with E-state index < -0.39 is 0 Å². The maximum Gasteiger partial charge on any atom is 0.252 e. The number of nitrogens with one attached hydrogen (secondary N) is 1. The van der Waals surface area contributed by atoms with Gasteiger partial charge in [-0.2, -0.15) is 0 Å². The first-order valence-corrected chi connectivity index (χ1v) is 4.58. The van der Waals surface area contributed by atoms with Crippen molar-refractivity contribution in [1.82, 2.24) is 5.32 Å². The largest absolute Gasteiger partial charge is 0.355 e. The van der Waals surface area contributed by atoms with Gasteiger partial charge >= 0.3 is 0 Å². The average molecular weight is 198 g/mol. The second kappa shape index (κ2) is 4.28. The Labute approximate surface area is 82.9 Å². The van der Waals surface area contributed by atoms with Crippen molar-refractivity contribution in [1.29, 1.82) is 0 Å². The van der Waals surface area contributed by atoms with E-state index in [1.807, 2.05) is 19.1 Å². The van der Waals surface area contributed by atoms with Crippen LogP contribution in [0.15, 0.2) is 18.2 Å². The van der Waals surface area contributed by atoms with Crippen LogP contribution in [0.2, 0.25) is 5.02 Å². The molecule has 70 valence electrons. The molecule has 0 heterocycles. The summed E-state index contributed by atoms with van der Waals surface area (Å²) < 4.78 is 0. The highest BCUT2D eigenvalue weighted by atomic mass is 35.5. The summed E-state index contributed by atoms with van der Waals surface area (Å²) in [6.07, 6.45) is 0.809. The van der Waals surface area contributed by atoms with Gasteiger partial charge in [0.15, 0.2) is 0 Å². The Morgan fingerprint density at radius 2 is 2.23 bits per heavy atom. The Kier molecular flexibility index (Phi) is 3.32. The van der Waals surface area contributed by atoms with E-state index in [0.29, 0.717) is 10.6 Å². The molecule has 0 fully saturated rings. The monoisotopic (exact) mass is 197 g/mol. The summed E-state index contributed by atoms with van der Waals surface area (Å²) >= 11 is 5.92. The van der Waals surface area contributed by atoms with Crippen LogP contribution in [-0.4, -0.2) is 13.0 Å². The lowest BCUT2D eigenvalue weighted by molar-refractivity contribution is 0.0962. The molecule has 1 aromatic carbocycles. The number of carbonyl (C=O) groups is 1. The van der Waals surface area contributed by atoms with E-state index in [0.717, 1.165) is 12.0 Å². The summed E-state index contributed by atoms with van der Waals surface area (Å²) in [6.45, 7) is 2.00. The first kappa shape index (κ1) is 10.1. The number of aryl methyl sites for hydroxylation is 1. The van der Waals surface area contributed by atoms with E-state index in [2.05, 4.69) is 5.32 Å². The van der Waals surface area contributed by atoms with E-state index in [1.54, 1.807) is 13.1 Å². The fraction of sp³-hybridized carbons (Fsp3) is 0.300. The molecule has 0 bridgehead atoms. The topological polar surface area (TPSA) is 29.1 Å². The number of rotatable bonds is 2. The van der Waals surface area contributed by atoms with Gasteiger partial charge in [-0.1, -0.05) is 30.7 Å². The standard InChI is InChI=1S/C10H12ClNO/c1-3-7-5-4-6-8(11)9(7)10(13)12-2/h4-6H,3H2,1-2H3,(H,12,13). The molecule has 0 unspecified atom stereocenters. The number of hydrogen-bond donors (Lipinski definition) is 1. The molecule has 13 heavy (non-hydrogen) atoms. The molecule has 1 rings (SSSR count). The summed E-state index contributed by atoms with van der Waals surface area (Å²) in [6, 6.07) is 5.50. The van der Waals surface area contributed by atoms with Crippen molar-refractivity contribution in [3.8, 4) is 0 Å². The molecular formula is C10H12ClNO. The molecule has 3 heteroatoms. The van der Waals surface area contributed by atoms with Crippen molar-refractivity contribution in [3.05, 3.63) is 34.3 Å². The first-order chi connectivity index (χ1) is 6.20. The second-order valence-corrected chi connectivity index (χ2v) is 3.11. The van der Waals surface area contributed by atoms with E-state index in [1.165, 1.54) is 0 Å². The van der Waals surface area contributed by atoms with Crippen LogP contribution in [0.25, 0.3) is 0 Å². The molecule has 0 radical (unpaired) electrons. The highest BCUT2D eigenvalue weighted by Crippen LogP contribution is 2.20. The third kappa shape index (κ3) is 2.01. The van der Waals surface area contributed by atoms with Gasteiger partial charge in [0, 0.05) is 7.05 Å². The van der Waals surface area contributed by atoms with Gasteiger partial charge < -0.3 is 5.32 Å². The molecule has 0 spiro atoms. The lowest BCUT2D eigenvalue weighted by atomic mass is 10.0. The molecule has 1 aromatic rings. The lowest BCUT2D eigenvalue weighted by Gasteiger charge is -2.07. The van der Waals surface area contributed by atoms with Crippen LogP contribution in [-0.2, 0) is 6.42 Å². The third-order valence-electron chi connectivity index (χ3n) is 1.93. The SMILES string of the molecule is CCc1cccc(Cl)c1C(=O)NC. The zero-order chi connectivity index (χ0) is 9.84. The zero-order valence-corrected chi connectivity index (χ0v) is 8.48. The van der Waals surface area contributed by atoms with Crippen LogP contribution >= 0.6 is 11.6 Å². The Balaban J connectivity index is 3.22. The maximum absolute atomic E-state index is 11.4. The van der Waals surface area contributed by atoms with Crippen molar-refractivity contribution >= 4 is 17.5 Å². The molecule has 0 aliphatic rings. The highest BCUT2D eigenvalue weighted by molar-refractivity contribution is 6.34. The van der Waals surface area contributed by atoms with Crippen LogP contribution in [0.4, 0.5) is 0 Å². The minimum atomic E-state index is -0.123. The Morgan fingerprint density at radius 1 is 1.54 bits per heavy atom. The van der Waals surface area contributed by atoms with Gasteiger partial charge in [0.1, 0.15) is 0 Å². The molecule has 0 aliphatic carbocycles. The Bertz CT molecular complexity index is 323. The van der Waals surface area contributed by atoms with Crippen molar-refractivity contribution in [3.63, 3.8) is 0 Å². The molecule has 0 saturated carbocycles. The molecule has 1 N–H and O–H groups in total. The number of amides is 1. The van der Waals surface area contributed by atoms with Gasteiger partial charge in [-0.05, 0) is 18.1 Å². The average Bonchev–Trinajstić information content (AvgIpc) is 2.16. The minimum Gasteiger partial charge on any atom is -0.355 e. The van der Waals surface area contributed by atoms with Crippen LogP contribution in [0.5, 0.6) is 0 Å². The summed E-state index contributed by atoms with van der Waals surface area (Å²) in [5.41, 5.74) is 1.57. The predicted molar refractivity (Wildman–Crippen MR) is 54.2 cm³/mol. The van der Waals surface area contributed by atoms with Crippen LogP contribution in [0.1, 0.15) is 22.8 Å². The second-order valence-electron chi connectivity index (χ2n) is 2.71. The van der Waals surface area contributed by atoms with Crippen molar-refractivity contribution in [2.24, 2.45) is 0 Å². The molecule has 1 amide bonds. The molecule has 0 aliphatic heterocycles. The first-order valence-electron chi connectivity index (χ1n) is 4.20. The quantitative estimate of drug-likeness (QED) is 0.775. The fourth-order valence-electron chi connectivity index (χ4n) is 1.24. The maximum atomic E-state index is 11.4. The van der Waals surface area contributed by atoms with Gasteiger partial charge in [-0.3, -0.25) is 4.79 Å². The van der Waals surface area contributed by atoms with E-state index in [-0.39, 0.29) is 5.91 Å². The summed E-state index contributed by atoms with van der Waals surface area (Å²) in [5.74, 6) is -0.123. The van der Waals surface area contributed by atoms with Gasteiger partial charge in [0.25, 0.3) is 5.91 Å². The number of halogens is 1. The zero-order valence-electron chi connectivity index (χ0n) is 7.73. The third-order valence-corrected chi connectivity index (χ3v) is 2.25. The lowest BCUT2D eigenvalue weighted by Crippen LogP contribution is -2.19. The fourth-order valence-corrected chi connectivity index (χ4v) is 1.52.